The second-order valence-corrected chi connectivity index (χ2v) is 5.94. The number of H-pyrrole nitrogens is 1. The maximum absolute atomic E-state index is 12.2. The van der Waals surface area contributed by atoms with Gasteiger partial charge in [0, 0.05) is 17.8 Å². The van der Waals surface area contributed by atoms with Crippen molar-refractivity contribution in [1.82, 2.24) is 10.3 Å². The minimum atomic E-state index is -0.373. The van der Waals surface area contributed by atoms with E-state index in [4.69, 9.17) is 0 Å². The molecule has 4 heteroatoms. The molecule has 1 heterocycles. The Morgan fingerprint density at radius 1 is 1.14 bits per heavy atom. The van der Waals surface area contributed by atoms with Crippen molar-refractivity contribution in [2.45, 2.75) is 32.7 Å². The molecule has 0 aliphatic carbocycles. The third-order valence-electron chi connectivity index (χ3n) is 3.26. The smallest absolute Gasteiger partial charge is 0.253 e. The van der Waals surface area contributed by atoms with Crippen molar-refractivity contribution in [3.63, 3.8) is 0 Å². The number of benzene rings is 1. The number of amides is 1. The average molecular weight is 284 g/mol. The standard InChI is InChI=1S/C17H20N2O2/c1-12-4-6-13(7-5-12)10-17(2,3)19-16(21)14-8-9-15(20)18-11-14/h4-9,11H,10H2,1-3H3,(H,18,20)(H,19,21). The molecule has 0 saturated carbocycles. The van der Waals surface area contributed by atoms with Gasteiger partial charge in [-0.05, 0) is 38.8 Å². The molecule has 0 radical (unpaired) electrons. The number of aromatic amines is 1. The quantitative estimate of drug-likeness (QED) is 0.905. The first kappa shape index (κ1) is 15.0. The molecule has 21 heavy (non-hydrogen) atoms. The van der Waals surface area contributed by atoms with Crippen LogP contribution in [-0.4, -0.2) is 16.4 Å². The van der Waals surface area contributed by atoms with Crippen molar-refractivity contribution in [2.24, 2.45) is 0 Å². The van der Waals surface area contributed by atoms with Gasteiger partial charge in [0.05, 0.1) is 5.56 Å². The molecule has 4 nitrogen and oxygen atoms in total. The molecular formula is C17H20N2O2. The minimum Gasteiger partial charge on any atom is -0.347 e. The number of carbonyl (C=O) groups is 1. The van der Waals surface area contributed by atoms with Crippen LogP contribution < -0.4 is 10.9 Å². The fraction of sp³-hybridized carbons (Fsp3) is 0.294. The number of carbonyl (C=O) groups excluding carboxylic acids is 1. The Morgan fingerprint density at radius 2 is 1.81 bits per heavy atom. The lowest BCUT2D eigenvalue weighted by atomic mass is 9.94. The molecule has 0 spiro atoms. The van der Waals surface area contributed by atoms with E-state index in [1.807, 2.05) is 20.8 Å². The lowest BCUT2D eigenvalue weighted by Gasteiger charge is -2.26. The highest BCUT2D eigenvalue weighted by atomic mass is 16.2. The van der Waals surface area contributed by atoms with Crippen LogP contribution in [-0.2, 0) is 6.42 Å². The van der Waals surface area contributed by atoms with Crippen LogP contribution in [0.1, 0.15) is 35.3 Å². The molecule has 110 valence electrons. The summed E-state index contributed by atoms with van der Waals surface area (Å²) in [5, 5.41) is 2.99. The molecule has 2 N–H and O–H groups in total. The number of aromatic nitrogens is 1. The van der Waals surface area contributed by atoms with E-state index in [-0.39, 0.29) is 17.0 Å². The fourth-order valence-electron chi connectivity index (χ4n) is 2.19. The Balaban J connectivity index is 2.06. The van der Waals surface area contributed by atoms with Gasteiger partial charge in [0.2, 0.25) is 5.56 Å². The highest BCUT2D eigenvalue weighted by Gasteiger charge is 2.21. The first-order valence-corrected chi connectivity index (χ1v) is 6.92. The summed E-state index contributed by atoms with van der Waals surface area (Å²) < 4.78 is 0. The molecule has 1 amide bonds. The molecular weight excluding hydrogens is 264 g/mol. The van der Waals surface area contributed by atoms with Crippen LogP contribution in [0.4, 0.5) is 0 Å². The van der Waals surface area contributed by atoms with Gasteiger partial charge in [-0.25, -0.2) is 0 Å². The van der Waals surface area contributed by atoms with Gasteiger partial charge in [0.1, 0.15) is 0 Å². The molecule has 0 unspecified atom stereocenters. The average Bonchev–Trinajstić information content (AvgIpc) is 2.41. The summed E-state index contributed by atoms with van der Waals surface area (Å²) in [6.07, 6.45) is 2.17. The zero-order valence-electron chi connectivity index (χ0n) is 12.6. The lowest BCUT2D eigenvalue weighted by molar-refractivity contribution is 0.0912. The van der Waals surface area contributed by atoms with Crippen molar-refractivity contribution >= 4 is 5.91 Å². The van der Waals surface area contributed by atoms with Crippen LogP contribution in [0.3, 0.4) is 0 Å². The van der Waals surface area contributed by atoms with E-state index in [0.29, 0.717) is 5.56 Å². The number of pyridine rings is 1. The number of nitrogens with one attached hydrogen (secondary N) is 2. The number of hydrogen-bond acceptors (Lipinski definition) is 2. The molecule has 1 aromatic carbocycles. The molecule has 1 aromatic heterocycles. The fourth-order valence-corrected chi connectivity index (χ4v) is 2.19. The van der Waals surface area contributed by atoms with Crippen molar-refractivity contribution in [3.05, 3.63) is 69.6 Å². The van der Waals surface area contributed by atoms with Crippen molar-refractivity contribution in [1.29, 1.82) is 0 Å². The SMILES string of the molecule is Cc1ccc(CC(C)(C)NC(=O)c2ccc(=O)[nH]c2)cc1. The first-order chi connectivity index (χ1) is 9.85. The molecule has 2 rings (SSSR count). The van der Waals surface area contributed by atoms with Gasteiger partial charge in [0.15, 0.2) is 0 Å². The number of rotatable bonds is 4. The zero-order valence-corrected chi connectivity index (χ0v) is 12.6. The molecule has 0 atom stereocenters. The van der Waals surface area contributed by atoms with Crippen LogP contribution in [0.5, 0.6) is 0 Å². The Labute approximate surface area is 124 Å². The third kappa shape index (κ3) is 4.31. The molecule has 0 fully saturated rings. The predicted molar refractivity (Wildman–Crippen MR) is 83.5 cm³/mol. The summed E-state index contributed by atoms with van der Waals surface area (Å²) >= 11 is 0. The van der Waals surface area contributed by atoms with E-state index < -0.39 is 0 Å². The summed E-state index contributed by atoms with van der Waals surface area (Å²) in [7, 11) is 0. The number of hydrogen-bond donors (Lipinski definition) is 2. The minimum absolute atomic E-state index is 0.191. The zero-order chi connectivity index (χ0) is 15.5. The van der Waals surface area contributed by atoms with Gasteiger partial charge >= 0.3 is 0 Å². The highest BCUT2D eigenvalue weighted by Crippen LogP contribution is 2.14. The lowest BCUT2D eigenvalue weighted by Crippen LogP contribution is -2.45. The largest absolute Gasteiger partial charge is 0.347 e. The summed E-state index contributed by atoms with van der Waals surface area (Å²) in [4.78, 5) is 25.7. The van der Waals surface area contributed by atoms with Gasteiger partial charge in [-0.15, -0.1) is 0 Å². The summed E-state index contributed by atoms with van der Waals surface area (Å²) in [6, 6.07) is 11.1. The highest BCUT2D eigenvalue weighted by molar-refractivity contribution is 5.94. The van der Waals surface area contributed by atoms with Gasteiger partial charge in [-0.1, -0.05) is 29.8 Å². The van der Waals surface area contributed by atoms with E-state index in [1.54, 1.807) is 0 Å². The van der Waals surface area contributed by atoms with Crippen LogP contribution >= 0.6 is 0 Å². The van der Waals surface area contributed by atoms with Gasteiger partial charge in [-0.3, -0.25) is 9.59 Å². The van der Waals surface area contributed by atoms with Crippen molar-refractivity contribution in [3.8, 4) is 0 Å². The molecule has 0 saturated heterocycles. The Morgan fingerprint density at radius 3 is 2.38 bits per heavy atom. The second kappa shape index (κ2) is 5.95. The Hall–Kier alpha value is -2.36. The van der Waals surface area contributed by atoms with E-state index >= 15 is 0 Å². The van der Waals surface area contributed by atoms with E-state index in [0.717, 1.165) is 6.42 Å². The summed E-state index contributed by atoms with van der Waals surface area (Å²) in [5.74, 6) is -0.191. The van der Waals surface area contributed by atoms with Crippen LogP contribution in [0, 0.1) is 6.92 Å². The van der Waals surface area contributed by atoms with E-state index in [2.05, 4.69) is 34.6 Å². The molecule has 0 aliphatic heterocycles. The van der Waals surface area contributed by atoms with Gasteiger partial charge in [0.25, 0.3) is 5.91 Å². The van der Waals surface area contributed by atoms with Crippen molar-refractivity contribution in [2.75, 3.05) is 0 Å². The molecule has 0 aliphatic rings. The van der Waals surface area contributed by atoms with E-state index in [9.17, 15) is 9.59 Å². The van der Waals surface area contributed by atoms with Crippen LogP contribution in [0.15, 0.2) is 47.4 Å². The number of aryl methyl sites for hydroxylation is 1. The normalized spacial score (nSPS) is 11.2. The maximum Gasteiger partial charge on any atom is 0.253 e. The first-order valence-electron chi connectivity index (χ1n) is 6.92. The van der Waals surface area contributed by atoms with Crippen LogP contribution in [0.25, 0.3) is 0 Å². The Kier molecular flexibility index (Phi) is 4.26. The monoisotopic (exact) mass is 284 g/mol. The topological polar surface area (TPSA) is 62.0 Å². The van der Waals surface area contributed by atoms with Gasteiger partial charge in [-0.2, -0.15) is 0 Å². The van der Waals surface area contributed by atoms with Crippen LogP contribution in [0.2, 0.25) is 0 Å². The predicted octanol–water partition coefficient (Wildman–Crippen LogP) is 2.43. The molecule has 2 aromatic rings. The van der Waals surface area contributed by atoms with E-state index in [1.165, 1.54) is 29.5 Å². The summed E-state index contributed by atoms with van der Waals surface area (Å²) in [6.45, 7) is 6.01. The Bertz CT molecular complexity index is 664. The van der Waals surface area contributed by atoms with Gasteiger partial charge < -0.3 is 10.3 Å². The summed E-state index contributed by atoms with van der Waals surface area (Å²) in [5.41, 5.74) is 2.25. The third-order valence-corrected chi connectivity index (χ3v) is 3.26. The molecule has 0 bridgehead atoms. The second-order valence-electron chi connectivity index (χ2n) is 5.94. The maximum atomic E-state index is 12.2. The van der Waals surface area contributed by atoms with Crippen molar-refractivity contribution < 1.29 is 4.79 Å².